The molecule has 10 heteroatoms. The number of rotatable bonds is 11. The molecular weight excluding hydrogens is 352 g/mol. The van der Waals surface area contributed by atoms with Crippen LogP contribution in [-0.4, -0.2) is 75.7 Å². The molecule has 0 aromatic heterocycles. The largest absolute Gasteiger partial charge is 0.462 e. The third-order valence-electron chi connectivity index (χ3n) is 2.92. The van der Waals surface area contributed by atoms with Gasteiger partial charge in [-0.1, -0.05) is 0 Å². The van der Waals surface area contributed by atoms with Crippen molar-refractivity contribution in [2.24, 2.45) is 0 Å². The van der Waals surface area contributed by atoms with Crippen LogP contribution in [0, 0.1) is 0 Å². The van der Waals surface area contributed by atoms with Crippen LogP contribution >= 0.6 is 0 Å². The number of hydrogen-bond donors (Lipinski definition) is 0. The van der Waals surface area contributed by atoms with Crippen LogP contribution in [0.25, 0.3) is 0 Å². The summed E-state index contributed by atoms with van der Waals surface area (Å²) in [7, 11) is -1.08. The molecule has 10 nitrogen and oxygen atoms in total. The molecule has 4 atom stereocenters. The predicted octanol–water partition coefficient (Wildman–Crippen LogP) is 0.00600. The number of ether oxygens (including phenoxy) is 6. The molecule has 0 rings (SSSR count). The van der Waals surface area contributed by atoms with E-state index in [0.717, 1.165) is 27.7 Å². The third-order valence-corrected chi connectivity index (χ3v) is 2.92. The normalized spacial score (nSPS) is 16.2. The Morgan fingerprint density at radius 2 is 1.27 bits per heavy atom. The van der Waals surface area contributed by atoms with E-state index >= 15 is 0 Å². The summed E-state index contributed by atoms with van der Waals surface area (Å²) in [5.41, 5.74) is 0. The fourth-order valence-electron chi connectivity index (χ4n) is 2.09. The van der Waals surface area contributed by atoms with E-state index in [-0.39, 0.29) is 6.61 Å². The van der Waals surface area contributed by atoms with E-state index in [1.807, 2.05) is 0 Å². The highest BCUT2D eigenvalue weighted by Crippen LogP contribution is 2.19. The second kappa shape index (κ2) is 12.2. The molecule has 0 unspecified atom stereocenters. The van der Waals surface area contributed by atoms with E-state index in [0.29, 0.717) is 0 Å². The van der Waals surface area contributed by atoms with E-state index in [9.17, 15) is 19.2 Å². The van der Waals surface area contributed by atoms with E-state index in [1.54, 1.807) is 0 Å². The highest BCUT2D eigenvalue weighted by Gasteiger charge is 2.41. The third kappa shape index (κ3) is 9.33. The summed E-state index contributed by atoms with van der Waals surface area (Å²) in [5.74, 6) is -2.94. The van der Waals surface area contributed by atoms with Gasteiger partial charge >= 0.3 is 23.9 Å². The molecule has 0 saturated heterocycles. The zero-order valence-electron chi connectivity index (χ0n) is 17.2. The zero-order chi connectivity index (χ0) is 21.7. The fourth-order valence-corrected chi connectivity index (χ4v) is 2.09. The maximum Gasteiger partial charge on any atom is 0.303 e. The van der Waals surface area contributed by atoms with Crippen molar-refractivity contribution in [3.8, 4) is 0 Å². The van der Waals surface area contributed by atoms with Crippen LogP contribution in [-0.2, 0) is 47.6 Å². The van der Waals surface area contributed by atoms with Crippen molar-refractivity contribution < 1.29 is 50.3 Å². The Balaban J connectivity index is 5.91. The van der Waals surface area contributed by atoms with Crippen LogP contribution in [0.2, 0.25) is 0 Å². The second-order valence-electron chi connectivity index (χ2n) is 5.17. The van der Waals surface area contributed by atoms with Crippen molar-refractivity contribution in [3.05, 3.63) is 0 Å². The highest BCUT2D eigenvalue weighted by atomic mass is 16.6. The van der Waals surface area contributed by atoms with Gasteiger partial charge < -0.3 is 28.4 Å². The lowest BCUT2D eigenvalue weighted by molar-refractivity contribution is -0.199. The number of esters is 4. The Bertz CT molecular complexity index is 528. The van der Waals surface area contributed by atoms with Crippen molar-refractivity contribution in [1.82, 2.24) is 0 Å². The fraction of sp³-hybridized carbons (Fsp3) is 0.750. The molecule has 0 radical (unpaired) electrons. The second-order valence-corrected chi connectivity index (χ2v) is 5.17. The van der Waals surface area contributed by atoms with Gasteiger partial charge in [0.15, 0.2) is 18.3 Å². The molecule has 0 bridgehead atoms. The Morgan fingerprint density at radius 3 is 1.69 bits per heavy atom. The Labute approximate surface area is 154 Å². The highest BCUT2D eigenvalue weighted by molar-refractivity contribution is 5.68. The molecule has 0 spiro atoms. The average Bonchev–Trinajstić information content (AvgIpc) is 2.57. The molecule has 0 heterocycles. The van der Waals surface area contributed by atoms with Gasteiger partial charge in [0.2, 0.25) is 0 Å². The Hall–Kier alpha value is -2.20. The van der Waals surface area contributed by atoms with Crippen LogP contribution in [0.1, 0.15) is 30.4 Å². The van der Waals surface area contributed by atoms with Crippen molar-refractivity contribution in [2.45, 2.75) is 52.1 Å². The van der Waals surface area contributed by atoms with Crippen LogP contribution in [0.15, 0.2) is 0 Å². The summed E-state index contributed by atoms with van der Waals surface area (Å²) in [6.07, 6.45) is -5.22. The Morgan fingerprint density at radius 1 is 0.731 bits per heavy atom. The van der Waals surface area contributed by atoms with Gasteiger partial charge in [-0.15, -0.1) is 0 Å². The van der Waals surface area contributed by atoms with Crippen molar-refractivity contribution in [1.29, 1.82) is 0 Å². The Kier molecular flexibility index (Phi) is 9.44. The summed E-state index contributed by atoms with van der Waals surface area (Å²) in [5, 5.41) is 0. The van der Waals surface area contributed by atoms with Crippen LogP contribution < -0.4 is 0 Å². The van der Waals surface area contributed by atoms with Crippen molar-refractivity contribution in [3.63, 3.8) is 0 Å². The first-order chi connectivity index (χ1) is 13.1. The van der Waals surface area contributed by atoms with Crippen LogP contribution in [0.5, 0.6) is 0 Å². The molecule has 0 N–H and O–H groups in total. The molecule has 0 aliphatic heterocycles. The lowest BCUT2D eigenvalue weighted by Crippen LogP contribution is -2.53. The van der Waals surface area contributed by atoms with Gasteiger partial charge in [-0.2, -0.15) is 0 Å². The van der Waals surface area contributed by atoms with Gasteiger partial charge in [0, 0.05) is 41.9 Å². The first-order valence-corrected chi connectivity index (χ1v) is 7.55. The van der Waals surface area contributed by atoms with E-state index < -0.39 is 69.1 Å². The van der Waals surface area contributed by atoms with E-state index in [4.69, 9.17) is 31.2 Å². The van der Waals surface area contributed by atoms with Crippen LogP contribution in [0.4, 0.5) is 0 Å². The zero-order valence-corrected chi connectivity index (χ0v) is 15.2. The minimum atomic E-state index is -1.40. The summed E-state index contributed by atoms with van der Waals surface area (Å²) in [6.45, 7) is 3.64. The predicted molar refractivity (Wildman–Crippen MR) is 86.0 cm³/mol. The molecule has 0 saturated carbocycles. The lowest BCUT2D eigenvalue weighted by atomic mass is 10.0. The molecule has 0 aliphatic carbocycles. The molecule has 0 aliphatic rings. The first kappa shape index (κ1) is 20.1. The maximum absolute atomic E-state index is 11.6. The molecule has 0 fully saturated rings. The van der Waals surface area contributed by atoms with Crippen molar-refractivity contribution >= 4 is 23.9 Å². The summed E-state index contributed by atoms with van der Waals surface area (Å²) in [4.78, 5) is 45.7. The number of hydrogen-bond acceptors (Lipinski definition) is 10. The van der Waals surface area contributed by atoms with Gasteiger partial charge in [0.05, 0.1) is 9.35 Å². The van der Waals surface area contributed by atoms with Gasteiger partial charge in [-0.25, -0.2) is 0 Å². The monoisotopic (exact) mass is 380 g/mol. The number of carbonyl (C=O) groups excluding carboxylic acids is 4. The van der Waals surface area contributed by atoms with E-state index in [1.165, 1.54) is 0 Å². The van der Waals surface area contributed by atoms with E-state index in [2.05, 4.69) is 0 Å². The molecule has 150 valence electrons. The van der Waals surface area contributed by atoms with Gasteiger partial charge in [0.1, 0.15) is 12.7 Å². The standard InChI is InChI=1S/C16H26O10/c1-9(17)23-8-14(25-11(3)19)16(26-12(4)20)15(22-6)13(7-21-5)24-10(2)18/h13-16H,7-8H2,1-6H3/t13-,14+,15-,16-/m1/s1/i5D,6D. The summed E-state index contributed by atoms with van der Waals surface area (Å²) < 4.78 is 44.9. The lowest BCUT2D eigenvalue weighted by Gasteiger charge is -2.34. The average molecular weight is 380 g/mol. The summed E-state index contributed by atoms with van der Waals surface area (Å²) >= 11 is 0. The smallest absolute Gasteiger partial charge is 0.303 e. The molecular formula is C16H26O10. The summed E-state index contributed by atoms with van der Waals surface area (Å²) in [6, 6.07) is 0. The molecule has 0 aromatic carbocycles. The van der Waals surface area contributed by atoms with Crippen LogP contribution in [0.3, 0.4) is 0 Å². The minimum absolute atomic E-state index is 0.314. The maximum atomic E-state index is 11.6. The van der Waals surface area contributed by atoms with Crippen molar-refractivity contribution in [2.75, 3.05) is 27.4 Å². The minimum Gasteiger partial charge on any atom is -0.462 e. The first-order valence-electron chi connectivity index (χ1n) is 8.96. The SMILES string of the molecule is [2H]COC[C@@H](OC(C)=O)[C@@H](OC[2H])[C@H](OC(C)=O)[C@H](COC(C)=O)OC(C)=O. The van der Waals surface area contributed by atoms with Gasteiger partial charge in [0.25, 0.3) is 0 Å². The van der Waals surface area contributed by atoms with Gasteiger partial charge in [-0.05, 0) is 0 Å². The van der Waals surface area contributed by atoms with Gasteiger partial charge in [-0.3, -0.25) is 19.2 Å². The molecule has 26 heavy (non-hydrogen) atoms. The molecule has 0 aromatic rings. The number of methoxy groups -OCH3 is 2. The molecule has 0 amide bonds. The topological polar surface area (TPSA) is 124 Å². The quantitative estimate of drug-likeness (QED) is 0.357. The number of carbonyl (C=O) groups is 4.